The molecule has 0 aliphatic carbocycles. The molecule has 0 bridgehead atoms. The SMILES string of the molecule is Cc1cccc(-c2c(C(=O)O)nnn2-c2ccc(Br)c(C)c2)c1. The second kappa shape index (κ2) is 5.96. The number of carbonyl (C=O) groups is 1. The Labute approximate surface area is 141 Å². The van der Waals surface area contributed by atoms with E-state index in [4.69, 9.17) is 0 Å². The Kier molecular flexibility index (Phi) is 4.00. The molecule has 0 atom stereocenters. The molecule has 116 valence electrons. The number of carboxylic acids is 1. The Hall–Kier alpha value is -2.47. The predicted molar refractivity (Wildman–Crippen MR) is 90.9 cm³/mol. The average Bonchev–Trinajstić information content (AvgIpc) is 2.95. The first-order chi connectivity index (χ1) is 11.0. The maximum atomic E-state index is 11.5. The number of hydrogen-bond acceptors (Lipinski definition) is 3. The van der Waals surface area contributed by atoms with Gasteiger partial charge in [0.2, 0.25) is 0 Å². The van der Waals surface area contributed by atoms with Crippen molar-refractivity contribution in [3.05, 3.63) is 63.8 Å². The van der Waals surface area contributed by atoms with Gasteiger partial charge in [0.05, 0.1) is 5.69 Å². The minimum absolute atomic E-state index is 0.0591. The summed E-state index contributed by atoms with van der Waals surface area (Å²) in [4.78, 5) is 11.5. The molecule has 1 heterocycles. The summed E-state index contributed by atoms with van der Waals surface area (Å²) >= 11 is 3.46. The van der Waals surface area contributed by atoms with E-state index < -0.39 is 5.97 Å². The van der Waals surface area contributed by atoms with Crippen LogP contribution in [0.2, 0.25) is 0 Å². The Morgan fingerprint density at radius 1 is 1.17 bits per heavy atom. The summed E-state index contributed by atoms with van der Waals surface area (Å²) in [6.07, 6.45) is 0. The van der Waals surface area contributed by atoms with Crippen LogP contribution in [0.1, 0.15) is 21.6 Å². The van der Waals surface area contributed by atoms with Crippen molar-refractivity contribution in [1.82, 2.24) is 15.0 Å². The smallest absolute Gasteiger partial charge is 0.358 e. The largest absolute Gasteiger partial charge is 0.476 e. The molecule has 1 aromatic heterocycles. The van der Waals surface area contributed by atoms with Crippen LogP contribution in [-0.2, 0) is 0 Å². The van der Waals surface area contributed by atoms with Gasteiger partial charge in [-0.15, -0.1) is 5.10 Å². The van der Waals surface area contributed by atoms with Crippen LogP contribution < -0.4 is 0 Å². The quantitative estimate of drug-likeness (QED) is 0.754. The summed E-state index contributed by atoms with van der Waals surface area (Å²) in [5, 5.41) is 17.3. The van der Waals surface area contributed by atoms with Crippen LogP contribution in [0.15, 0.2) is 46.9 Å². The van der Waals surface area contributed by atoms with Gasteiger partial charge in [0.1, 0.15) is 5.69 Å². The lowest BCUT2D eigenvalue weighted by molar-refractivity contribution is 0.0691. The van der Waals surface area contributed by atoms with Gasteiger partial charge >= 0.3 is 5.97 Å². The van der Waals surface area contributed by atoms with Gasteiger partial charge in [-0.3, -0.25) is 0 Å². The van der Waals surface area contributed by atoms with E-state index in [2.05, 4.69) is 26.2 Å². The summed E-state index contributed by atoms with van der Waals surface area (Å²) in [5.41, 5.74) is 4.03. The third-order valence-electron chi connectivity index (χ3n) is 3.55. The molecular formula is C17H14BrN3O2. The lowest BCUT2D eigenvalue weighted by Gasteiger charge is -2.09. The average molecular weight is 372 g/mol. The number of halogens is 1. The molecule has 6 heteroatoms. The lowest BCUT2D eigenvalue weighted by Crippen LogP contribution is -2.03. The number of aromatic carboxylic acids is 1. The number of hydrogen-bond donors (Lipinski definition) is 1. The molecule has 5 nitrogen and oxygen atoms in total. The highest BCUT2D eigenvalue weighted by molar-refractivity contribution is 9.10. The normalized spacial score (nSPS) is 10.7. The van der Waals surface area contributed by atoms with Crippen LogP contribution in [0, 0.1) is 13.8 Å². The first kappa shape index (κ1) is 15.4. The van der Waals surface area contributed by atoms with Gasteiger partial charge < -0.3 is 5.11 Å². The van der Waals surface area contributed by atoms with E-state index in [1.165, 1.54) is 0 Å². The van der Waals surface area contributed by atoms with E-state index in [1.54, 1.807) is 4.68 Å². The second-order valence-electron chi connectivity index (χ2n) is 5.31. The van der Waals surface area contributed by atoms with Crippen molar-refractivity contribution in [3.63, 3.8) is 0 Å². The summed E-state index contributed by atoms with van der Waals surface area (Å²) < 4.78 is 2.55. The summed E-state index contributed by atoms with van der Waals surface area (Å²) in [7, 11) is 0. The Bertz CT molecular complexity index is 903. The molecule has 0 spiro atoms. The minimum Gasteiger partial charge on any atom is -0.476 e. The van der Waals surface area contributed by atoms with Crippen LogP contribution in [0.25, 0.3) is 16.9 Å². The summed E-state index contributed by atoms with van der Waals surface area (Å²) in [5.74, 6) is -1.10. The molecule has 1 N–H and O–H groups in total. The highest BCUT2D eigenvalue weighted by atomic mass is 79.9. The number of aromatic nitrogens is 3. The van der Waals surface area contributed by atoms with Crippen molar-refractivity contribution in [2.45, 2.75) is 13.8 Å². The van der Waals surface area contributed by atoms with Crippen LogP contribution >= 0.6 is 15.9 Å². The van der Waals surface area contributed by atoms with E-state index in [0.717, 1.165) is 26.9 Å². The highest BCUT2D eigenvalue weighted by Gasteiger charge is 2.21. The maximum Gasteiger partial charge on any atom is 0.358 e. The fourth-order valence-electron chi connectivity index (χ4n) is 2.42. The van der Waals surface area contributed by atoms with Crippen molar-refractivity contribution in [2.24, 2.45) is 0 Å². The van der Waals surface area contributed by atoms with E-state index in [1.807, 2.05) is 56.3 Å². The van der Waals surface area contributed by atoms with E-state index in [9.17, 15) is 9.90 Å². The molecule has 0 saturated heterocycles. The number of benzene rings is 2. The Balaban J connectivity index is 2.26. The van der Waals surface area contributed by atoms with Crippen molar-refractivity contribution in [1.29, 1.82) is 0 Å². The van der Waals surface area contributed by atoms with Gasteiger partial charge in [-0.25, -0.2) is 9.48 Å². The third kappa shape index (κ3) is 2.90. The van der Waals surface area contributed by atoms with E-state index >= 15 is 0 Å². The molecule has 2 aromatic carbocycles. The third-order valence-corrected chi connectivity index (χ3v) is 4.44. The van der Waals surface area contributed by atoms with Crippen molar-refractivity contribution in [3.8, 4) is 16.9 Å². The van der Waals surface area contributed by atoms with Crippen LogP contribution in [0.3, 0.4) is 0 Å². The van der Waals surface area contributed by atoms with Crippen LogP contribution in [0.4, 0.5) is 0 Å². The molecule has 3 rings (SSSR count). The molecule has 23 heavy (non-hydrogen) atoms. The van der Waals surface area contributed by atoms with Crippen LogP contribution in [-0.4, -0.2) is 26.1 Å². The van der Waals surface area contributed by atoms with E-state index in [0.29, 0.717) is 5.69 Å². The van der Waals surface area contributed by atoms with Gasteiger partial charge in [-0.2, -0.15) is 0 Å². The minimum atomic E-state index is -1.10. The summed E-state index contributed by atoms with van der Waals surface area (Å²) in [6, 6.07) is 13.4. The standard InChI is InChI=1S/C17H14BrN3O2/c1-10-4-3-5-12(8-10)16-15(17(22)23)19-20-21(16)13-6-7-14(18)11(2)9-13/h3-9H,1-2H3,(H,22,23). The van der Waals surface area contributed by atoms with E-state index in [-0.39, 0.29) is 5.69 Å². The molecule has 0 radical (unpaired) electrons. The van der Waals surface area contributed by atoms with Crippen molar-refractivity contribution < 1.29 is 9.90 Å². The number of nitrogens with zero attached hydrogens (tertiary/aromatic N) is 3. The highest BCUT2D eigenvalue weighted by Crippen LogP contribution is 2.27. The summed E-state index contributed by atoms with van der Waals surface area (Å²) in [6.45, 7) is 3.93. The molecule has 0 fully saturated rings. The monoisotopic (exact) mass is 371 g/mol. The van der Waals surface area contributed by atoms with Gasteiger partial charge in [0.25, 0.3) is 0 Å². The lowest BCUT2D eigenvalue weighted by atomic mass is 10.1. The molecule has 3 aromatic rings. The Morgan fingerprint density at radius 2 is 1.96 bits per heavy atom. The number of rotatable bonds is 3. The molecule has 0 unspecified atom stereocenters. The zero-order valence-corrected chi connectivity index (χ0v) is 14.2. The Morgan fingerprint density at radius 3 is 2.61 bits per heavy atom. The molecule has 0 aliphatic rings. The molecule has 0 aliphatic heterocycles. The molecule has 0 amide bonds. The topological polar surface area (TPSA) is 68.0 Å². The zero-order valence-electron chi connectivity index (χ0n) is 12.6. The predicted octanol–water partition coefficient (Wildman–Crippen LogP) is 4.01. The first-order valence-electron chi connectivity index (χ1n) is 7.00. The molecular weight excluding hydrogens is 358 g/mol. The number of carboxylic acid groups (broad SMARTS) is 1. The maximum absolute atomic E-state index is 11.5. The zero-order chi connectivity index (χ0) is 16.6. The fourth-order valence-corrected chi connectivity index (χ4v) is 2.67. The first-order valence-corrected chi connectivity index (χ1v) is 7.79. The van der Waals surface area contributed by atoms with Crippen molar-refractivity contribution in [2.75, 3.05) is 0 Å². The van der Waals surface area contributed by atoms with Gasteiger partial charge in [-0.05, 0) is 43.7 Å². The van der Waals surface area contributed by atoms with Gasteiger partial charge in [0, 0.05) is 10.0 Å². The fraction of sp³-hybridized carbons (Fsp3) is 0.118. The second-order valence-corrected chi connectivity index (χ2v) is 6.16. The van der Waals surface area contributed by atoms with Gasteiger partial charge in [0.15, 0.2) is 5.69 Å². The number of aryl methyl sites for hydroxylation is 2. The van der Waals surface area contributed by atoms with Crippen LogP contribution in [0.5, 0.6) is 0 Å². The van der Waals surface area contributed by atoms with Gasteiger partial charge in [-0.1, -0.05) is 44.9 Å². The molecule has 0 saturated carbocycles. The van der Waals surface area contributed by atoms with Crippen molar-refractivity contribution >= 4 is 21.9 Å².